The lowest BCUT2D eigenvalue weighted by atomic mass is 10.1. The molecule has 1 fully saturated rings. The first-order valence-corrected chi connectivity index (χ1v) is 12.2. The summed E-state index contributed by atoms with van der Waals surface area (Å²) in [5, 5.41) is 8.12. The van der Waals surface area contributed by atoms with Crippen LogP contribution in [0.3, 0.4) is 0 Å². The molecule has 0 radical (unpaired) electrons. The predicted octanol–water partition coefficient (Wildman–Crippen LogP) is 3.31. The fourth-order valence-electron chi connectivity index (χ4n) is 4.33. The first-order chi connectivity index (χ1) is 16.2. The maximum Gasteiger partial charge on any atom is 0.191 e. The molecular formula is C26H37N7. The van der Waals surface area contributed by atoms with Gasteiger partial charge in [0.15, 0.2) is 5.96 Å². The van der Waals surface area contributed by atoms with E-state index in [9.17, 15) is 0 Å². The van der Waals surface area contributed by atoms with E-state index in [-0.39, 0.29) is 0 Å². The van der Waals surface area contributed by atoms with Gasteiger partial charge in [-0.25, -0.2) is 9.98 Å². The van der Waals surface area contributed by atoms with Crippen molar-refractivity contribution in [1.82, 2.24) is 25.5 Å². The lowest BCUT2D eigenvalue weighted by molar-refractivity contribution is 0.270. The third-order valence-corrected chi connectivity index (χ3v) is 6.33. The number of H-pyrrole nitrogens is 1. The highest BCUT2D eigenvalue weighted by atomic mass is 15.3. The van der Waals surface area contributed by atoms with Gasteiger partial charge in [0.25, 0.3) is 0 Å². The van der Waals surface area contributed by atoms with Crippen LogP contribution >= 0.6 is 0 Å². The van der Waals surface area contributed by atoms with Crippen molar-refractivity contribution in [3.63, 3.8) is 0 Å². The summed E-state index contributed by atoms with van der Waals surface area (Å²) < 4.78 is 0. The molecule has 0 saturated carbocycles. The van der Waals surface area contributed by atoms with Crippen LogP contribution in [0.4, 0.5) is 5.82 Å². The molecule has 1 aliphatic heterocycles. The number of aromatic amines is 1. The van der Waals surface area contributed by atoms with Gasteiger partial charge in [-0.2, -0.15) is 0 Å². The summed E-state index contributed by atoms with van der Waals surface area (Å²) in [6, 6.07) is 10.8. The second kappa shape index (κ2) is 11.2. The minimum atomic E-state index is 0.610. The Morgan fingerprint density at radius 1 is 1.09 bits per heavy atom. The predicted molar refractivity (Wildman–Crippen MR) is 138 cm³/mol. The number of rotatable bonds is 8. The van der Waals surface area contributed by atoms with Crippen molar-refractivity contribution in [3.05, 3.63) is 59.4 Å². The van der Waals surface area contributed by atoms with Gasteiger partial charge in [0.1, 0.15) is 5.82 Å². The molecule has 3 aromatic rings. The number of fused-ring (bicyclic) bond motifs is 1. The number of piperazine rings is 1. The van der Waals surface area contributed by atoms with Gasteiger partial charge in [0.05, 0.1) is 6.54 Å². The van der Waals surface area contributed by atoms with Crippen molar-refractivity contribution in [2.75, 3.05) is 50.7 Å². The number of nitrogens with zero attached hydrogens (tertiary/aromatic N) is 4. The van der Waals surface area contributed by atoms with Crippen molar-refractivity contribution in [2.45, 2.75) is 33.7 Å². The third kappa shape index (κ3) is 6.05. The van der Waals surface area contributed by atoms with Crippen LogP contribution in [0.5, 0.6) is 0 Å². The van der Waals surface area contributed by atoms with Gasteiger partial charge < -0.3 is 25.4 Å². The molecule has 3 N–H and O–H groups in total. The second-order valence-electron chi connectivity index (χ2n) is 8.68. The third-order valence-electron chi connectivity index (χ3n) is 6.33. The van der Waals surface area contributed by atoms with Gasteiger partial charge in [0.2, 0.25) is 0 Å². The highest BCUT2D eigenvalue weighted by Gasteiger charge is 2.16. The lowest BCUT2D eigenvalue weighted by Gasteiger charge is -2.34. The summed E-state index contributed by atoms with van der Waals surface area (Å²) in [6.45, 7) is 14.1. The van der Waals surface area contributed by atoms with Gasteiger partial charge in [0, 0.05) is 62.6 Å². The van der Waals surface area contributed by atoms with E-state index in [4.69, 9.17) is 9.98 Å². The van der Waals surface area contributed by atoms with Crippen molar-refractivity contribution in [2.24, 2.45) is 4.99 Å². The molecule has 0 atom stereocenters. The molecule has 3 heterocycles. The van der Waals surface area contributed by atoms with Crippen LogP contribution in [0.1, 0.15) is 30.5 Å². The molecule has 7 heteroatoms. The van der Waals surface area contributed by atoms with E-state index in [0.717, 1.165) is 69.6 Å². The highest BCUT2D eigenvalue weighted by Crippen LogP contribution is 2.19. The summed E-state index contributed by atoms with van der Waals surface area (Å²) in [4.78, 5) is 17.7. The quantitative estimate of drug-likeness (QED) is 0.365. The van der Waals surface area contributed by atoms with Crippen molar-refractivity contribution < 1.29 is 0 Å². The maximum atomic E-state index is 4.77. The van der Waals surface area contributed by atoms with Crippen LogP contribution < -0.4 is 15.5 Å². The minimum Gasteiger partial charge on any atom is -0.361 e. The maximum absolute atomic E-state index is 4.77. The Bertz CT molecular complexity index is 1050. The Morgan fingerprint density at radius 3 is 2.67 bits per heavy atom. The molecule has 176 valence electrons. The molecule has 1 saturated heterocycles. The van der Waals surface area contributed by atoms with Crippen LogP contribution in [0.2, 0.25) is 0 Å². The Kier molecular flexibility index (Phi) is 7.83. The number of hydrogen-bond acceptors (Lipinski definition) is 4. The molecule has 0 spiro atoms. The van der Waals surface area contributed by atoms with Crippen LogP contribution in [0.15, 0.2) is 47.7 Å². The number of nitrogens with one attached hydrogen (secondary N) is 3. The number of anilines is 1. The topological polar surface area (TPSA) is 71.6 Å². The zero-order chi connectivity index (χ0) is 23.0. The van der Waals surface area contributed by atoms with Crippen molar-refractivity contribution >= 4 is 22.7 Å². The number of guanidine groups is 1. The Labute approximate surface area is 197 Å². The lowest BCUT2D eigenvalue weighted by Crippen LogP contribution is -2.46. The number of aryl methyl sites for hydroxylation is 1. The van der Waals surface area contributed by atoms with Crippen LogP contribution in [-0.2, 0) is 13.0 Å². The highest BCUT2D eigenvalue weighted by molar-refractivity contribution is 5.84. The van der Waals surface area contributed by atoms with E-state index in [1.807, 2.05) is 6.20 Å². The van der Waals surface area contributed by atoms with Gasteiger partial charge in [-0.05, 0) is 55.6 Å². The van der Waals surface area contributed by atoms with E-state index in [2.05, 4.69) is 82.7 Å². The minimum absolute atomic E-state index is 0.610. The summed E-state index contributed by atoms with van der Waals surface area (Å²) in [7, 11) is 0. The largest absolute Gasteiger partial charge is 0.361 e. The number of hydrogen-bond donors (Lipinski definition) is 3. The van der Waals surface area contributed by atoms with Crippen molar-refractivity contribution in [1.29, 1.82) is 0 Å². The van der Waals surface area contributed by atoms with Gasteiger partial charge in [-0.3, -0.25) is 0 Å². The molecule has 0 unspecified atom stereocenters. The fourth-order valence-corrected chi connectivity index (χ4v) is 4.33. The van der Waals surface area contributed by atoms with Gasteiger partial charge in [-0.1, -0.05) is 25.1 Å². The molecule has 0 aliphatic carbocycles. The molecule has 0 amide bonds. The van der Waals surface area contributed by atoms with Crippen LogP contribution in [0.25, 0.3) is 10.9 Å². The fraction of sp³-hybridized carbons (Fsp3) is 0.462. The van der Waals surface area contributed by atoms with E-state index in [1.54, 1.807) is 0 Å². The summed E-state index contributed by atoms with van der Waals surface area (Å²) >= 11 is 0. The molecule has 33 heavy (non-hydrogen) atoms. The first kappa shape index (κ1) is 23.1. The number of aliphatic imine (C=N–C) groups is 1. The average Bonchev–Trinajstić information content (AvgIpc) is 3.25. The monoisotopic (exact) mass is 447 g/mol. The SMILES string of the molecule is CCNC(=NCc1ccc(N2CCN(CC)CC2)nc1)NCCc1c[nH]c2cc(C)ccc12. The zero-order valence-electron chi connectivity index (χ0n) is 20.2. The summed E-state index contributed by atoms with van der Waals surface area (Å²) in [5.74, 6) is 1.91. The smallest absolute Gasteiger partial charge is 0.191 e. The number of likely N-dealkylation sites (N-methyl/N-ethyl adjacent to an activating group) is 1. The second-order valence-corrected chi connectivity index (χ2v) is 8.68. The van der Waals surface area contributed by atoms with Crippen LogP contribution in [0, 0.1) is 6.92 Å². The first-order valence-electron chi connectivity index (χ1n) is 12.2. The van der Waals surface area contributed by atoms with E-state index in [1.165, 1.54) is 22.0 Å². The number of benzene rings is 1. The van der Waals surface area contributed by atoms with Crippen molar-refractivity contribution in [3.8, 4) is 0 Å². The molecule has 1 aliphatic rings. The summed E-state index contributed by atoms with van der Waals surface area (Å²) in [5.41, 5.74) is 4.92. The van der Waals surface area contributed by atoms with E-state index < -0.39 is 0 Å². The van der Waals surface area contributed by atoms with Crippen LogP contribution in [-0.4, -0.2) is 66.6 Å². The Morgan fingerprint density at radius 2 is 1.94 bits per heavy atom. The van der Waals surface area contributed by atoms with Gasteiger partial charge >= 0.3 is 0 Å². The number of pyridine rings is 1. The van der Waals surface area contributed by atoms with E-state index in [0.29, 0.717) is 6.54 Å². The Balaban J connectivity index is 1.30. The molecule has 7 nitrogen and oxygen atoms in total. The Hall–Kier alpha value is -3.06. The molecule has 0 bridgehead atoms. The van der Waals surface area contributed by atoms with Gasteiger partial charge in [-0.15, -0.1) is 0 Å². The molecule has 1 aromatic carbocycles. The standard InChI is InChI=1S/C26H37N7/c1-4-27-26(28-11-10-22-19-29-24-16-20(3)6-8-23(22)24)31-18-21-7-9-25(30-17-21)33-14-12-32(5-2)13-15-33/h6-9,16-17,19,29H,4-5,10-15,18H2,1-3H3,(H2,27,28,31). The van der Waals surface area contributed by atoms with E-state index >= 15 is 0 Å². The molecule has 2 aromatic heterocycles. The normalized spacial score (nSPS) is 15.2. The summed E-state index contributed by atoms with van der Waals surface area (Å²) in [6.07, 6.45) is 5.02. The average molecular weight is 448 g/mol. The molecule has 4 rings (SSSR count). The zero-order valence-corrected chi connectivity index (χ0v) is 20.2. The molecular weight excluding hydrogens is 410 g/mol. The number of aromatic nitrogens is 2.